The molecular formula is C15H24BrMgN. The molecule has 0 aromatic heterocycles. The van der Waals surface area contributed by atoms with E-state index in [2.05, 4.69) is 56.9 Å². The zero-order valence-electron chi connectivity index (χ0n) is 12.1. The average molecular weight is 323 g/mol. The largest absolute Gasteiger partial charge is 2.00 e. The molecule has 0 bridgehead atoms. The van der Waals surface area contributed by atoms with Gasteiger partial charge in [-0.05, 0) is 31.5 Å². The molecule has 0 spiro atoms. The number of rotatable bonds is 6. The van der Waals surface area contributed by atoms with Gasteiger partial charge in [-0.15, -0.1) is 5.56 Å². The maximum atomic E-state index is 3.15. The SMILES string of the molecule is CC(C)CN(Cc1c[c-]ccc1)CC(C)C.[Br-].[Mg+2]. The molecule has 3 heteroatoms. The second-order valence-electron chi connectivity index (χ2n) is 5.39. The van der Waals surface area contributed by atoms with Gasteiger partial charge in [-0.1, -0.05) is 27.7 Å². The van der Waals surface area contributed by atoms with Crippen LogP contribution in [0, 0.1) is 17.9 Å². The van der Waals surface area contributed by atoms with Gasteiger partial charge in [0.2, 0.25) is 0 Å². The Morgan fingerprint density at radius 1 is 1.11 bits per heavy atom. The van der Waals surface area contributed by atoms with Crippen molar-refractivity contribution in [3.63, 3.8) is 0 Å². The first-order valence-corrected chi connectivity index (χ1v) is 6.25. The summed E-state index contributed by atoms with van der Waals surface area (Å²) in [5, 5.41) is 0. The van der Waals surface area contributed by atoms with Crippen LogP contribution in [-0.4, -0.2) is 41.0 Å². The monoisotopic (exact) mass is 321 g/mol. The van der Waals surface area contributed by atoms with Crippen molar-refractivity contribution >= 4 is 23.1 Å². The first-order chi connectivity index (χ1) is 7.58. The van der Waals surface area contributed by atoms with Crippen LogP contribution >= 0.6 is 0 Å². The maximum Gasteiger partial charge on any atom is 2.00 e. The molecule has 0 atom stereocenters. The molecule has 0 radical (unpaired) electrons. The zero-order chi connectivity index (χ0) is 12.0. The summed E-state index contributed by atoms with van der Waals surface area (Å²) in [6.45, 7) is 12.5. The third kappa shape index (κ3) is 9.37. The van der Waals surface area contributed by atoms with Crippen LogP contribution in [0.15, 0.2) is 24.3 Å². The molecule has 0 saturated heterocycles. The summed E-state index contributed by atoms with van der Waals surface area (Å²) in [5.74, 6) is 1.46. The third-order valence-corrected chi connectivity index (χ3v) is 2.42. The summed E-state index contributed by atoms with van der Waals surface area (Å²) in [4.78, 5) is 2.54. The van der Waals surface area contributed by atoms with E-state index in [4.69, 9.17) is 0 Å². The Balaban J connectivity index is 0. The van der Waals surface area contributed by atoms with Gasteiger partial charge in [0, 0.05) is 0 Å². The van der Waals surface area contributed by atoms with E-state index in [0.717, 1.165) is 18.4 Å². The Bertz CT molecular complexity index is 278. The van der Waals surface area contributed by atoms with E-state index in [0.29, 0.717) is 0 Å². The molecule has 0 heterocycles. The van der Waals surface area contributed by atoms with E-state index in [1.54, 1.807) is 0 Å². The van der Waals surface area contributed by atoms with Crippen LogP contribution in [0.2, 0.25) is 0 Å². The van der Waals surface area contributed by atoms with E-state index < -0.39 is 0 Å². The topological polar surface area (TPSA) is 3.24 Å². The molecule has 0 saturated carbocycles. The number of benzene rings is 1. The molecule has 0 N–H and O–H groups in total. The fourth-order valence-corrected chi connectivity index (χ4v) is 2.02. The number of halogens is 1. The van der Waals surface area contributed by atoms with Crippen molar-refractivity contribution in [3.8, 4) is 0 Å². The molecule has 0 amide bonds. The molecular weight excluding hydrogens is 298 g/mol. The Morgan fingerprint density at radius 3 is 2.06 bits per heavy atom. The summed E-state index contributed by atoms with van der Waals surface area (Å²) in [7, 11) is 0. The fourth-order valence-electron chi connectivity index (χ4n) is 2.02. The van der Waals surface area contributed by atoms with Gasteiger partial charge in [-0.25, -0.2) is 0 Å². The minimum Gasteiger partial charge on any atom is -1.00 e. The van der Waals surface area contributed by atoms with Crippen molar-refractivity contribution < 1.29 is 17.0 Å². The van der Waals surface area contributed by atoms with Gasteiger partial charge in [0.25, 0.3) is 0 Å². The Kier molecular flexibility index (Phi) is 13.0. The molecule has 98 valence electrons. The number of hydrogen-bond donors (Lipinski definition) is 0. The molecule has 18 heavy (non-hydrogen) atoms. The fraction of sp³-hybridized carbons (Fsp3) is 0.600. The zero-order valence-corrected chi connectivity index (χ0v) is 15.1. The summed E-state index contributed by atoms with van der Waals surface area (Å²) in [5.41, 5.74) is 1.36. The van der Waals surface area contributed by atoms with Gasteiger partial charge in [0.15, 0.2) is 0 Å². The van der Waals surface area contributed by atoms with Crippen molar-refractivity contribution in [1.29, 1.82) is 0 Å². The molecule has 1 aromatic rings. The molecule has 1 rings (SSSR count). The second kappa shape index (κ2) is 11.3. The van der Waals surface area contributed by atoms with E-state index in [1.807, 2.05) is 6.07 Å². The van der Waals surface area contributed by atoms with Gasteiger partial charge >= 0.3 is 23.1 Å². The van der Waals surface area contributed by atoms with E-state index in [-0.39, 0.29) is 40.0 Å². The third-order valence-electron chi connectivity index (χ3n) is 2.42. The summed E-state index contributed by atoms with van der Waals surface area (Å²) < 4.78 is 0. The van der Waals surface area contributed by atoms with Gasteiger partial charge in [0.1, 0.15) is 0 Å². The van der Waals surface area contributed by atoms with Gasteiger partial charge in [-0.2, -0.15) is 30.3 Å². The van der Waals surface area contributed by atoms with Crippen LogP contribution in [0.25, 0.3) is 0 Å². The molecule has 1 nitrogen and oxygen atoms in total. The van der Waals surface area contributed by atoms with Crippen LogP contribution in [0.3, 0.4) is 0 Å². The van der Waals surface area contributed by atoms with E-state index >= 15 is 0 Å². The standard InChI is InChI=1S/C15H24N.BrH.Mg/c1-13(2)10-16(11-14(3)4)12-15-8-6-5-7-9-15;;/h5-6,8-9,13-14H,10-12H2,1-4H3;1H;/q-1;;+2/p-1. The van der Waals surface area contributed by atoms with Crippen molar-refractivity contribution in [2.45, 2.75) is 34.2 Å². The van der Waals surface area contributed by atoms with Gasteiger partial charge in [-0.3, -0.25) is 0 Å². The molecule has 0 aliphatic carbocycles. The Hall–Kier alpha value is 0.426. The molecule has 0 aliphatic rings. The smallest absolute Gasteiger partial charge is 1.00 e. The quantitative estimate of drug-likeness (QED) is 0.535. The van der Waals surface area contributed by atoms with E-state index in [9.17, 15) is 0 Å². The number of hydrogen-bond acceptors (Lipinski definition) is 1. The minimum atomic E-state index is 0. The molecule has 0 unspecified atom stereocenters. The van der Waals surface area contributed by atoms with Crippen LogP contribution in [0.1, 0.15) is 33.3 Å². The summed E-state index contributed by atoms with van der Waals surface area (Å²) in [6.07, 6.45) is 0. The molecule has 0 aliphatic heterocycles. The van der Waals surface area contributed by atoms with Crippen LogP contribution < -0.4 is 17.0 Å². The van der Waals surface area contributed by atoms with E-state index in [1.165, 1.54) is 18.7 Å². The second-order valence-corrected chi connectivity index (χ2v) is 5.39. The Labute approximate surface area is 139 Å². The van der Waals surface area contributed by atoms with Crippen molar-refractivity contribution in [1.82, 2.24) is 4.90 Å². The maximum absolute atomic E-state index is 3.15. The normalized spacial score (nSPS) is 10.4. The van der Waals surface area contributed by atoms with Gasteiger partial charge < -0.3 is 21.9 Å². The summed E-state index contributed by atoms with van der Waals surface area (Å²) >= 11 is 0. The predicted molar refractivity (Wildman–Crippen MR) is 76.0 cm³/mol. The average Bonchev–Trinajstić information content (AvgIpc) is 2.16. The summed E-state index contributed by atoms with van der Waals surface area (Å²) in [6, 6.07) is 11.4. The molecule has 1 aromatic carbocycles. The predicted octanol–water partition coefficient (Wildman–Crippen LogP) is 0.224. The number of nitrogens with zero attached hydrogens (tertiary/aromatic N) is 1. The Morgan fingerprint density at radius 2 is 1.67 bits per heavy atom. The molecule has 0 fully saturated rings. The minimum absolute atomic E-state index is 0. The van der Waals surface area contributed by atoms with Crippen molar-refractivity contribution in [2.24, 2.45) is 11.8 Å². The van der Waals surface area contributed by atoms with Crippen molar-refractivity contribution in [3.05, 3.63) is 35.9 Å². The first kappa shape index (κ1) is 20.7. The van der Waals surface area contributed by atoms with Gasteiger partial charge in [0.05, 0.1) is 0 Å². The van der Waals surface area contributed by atoms with Crippen molar-refractivity contribution in [2.75, 3.05) is 13.1 Å². The van der Waals surface area contributed by atoms with Crippen LogP contribution in [0.4, 0.5) is 0 Å². The van der Waals surface area contributed by atoms with Crippen LogP contribution in [0.5, 0.6) is 0 Å². The van der Waals surface area contributed by atoms with Crippen LogP contribution in [-0.2, 0) is 6.54 Å². The first-order valence-electron chi connectivity index (χ1n) is 6.25.